The van der Waals surface area contributed by atoms with E-state index < -0.39 is 0 Å². The summed E-state index contributed by atoms with van der Waals surface area (Å²) in [5, 5.41) is 7.37. The number of hydrogen-bond acceptors (Lipinski definition) is 2. The Morgan fingerprint density at radius 2 is 0.860 bits per heavy atom. The zero-order valence-corrected chi connectivity index (χ0v) is 31.9. The smallest absolute Gasteiger partial charge is 0.160 e. The minimum absolute atomic E-state index is 0.0761. The van der Waals surface area contributed by atoms with E-state index in [0.29, 0.717) is 5.82 Å². The molecule has 1 aliphatic rings. The average Bonchev–Trinajstić information content (AvgIpc) is 3.49. The van der Waals surface area contributed by atoms with Crippen molar-refractivity contribution in [1.82, 2.24) is 9.97 Å². The van der Waals surface area contributed by atoms with E-state index in [-0.39, 0.29) is 5.41 Å². The lowest BCUT2D eigenvalue weighted by molar-refractivity contribution is 0.661. The van der Waals surface area contributed by atoms with Gasteiger partial charge in [-0.1, -0.05) is 178 Å². The summed E-state index contributed by atoms with van der Waals surface area (Å²) >= 11 is 0. The van der Waals surface area contributed by atoms with Gasteiger partial charge in [-0.25, -0.2) is 9.97 Å². The first-order valence-electron chi connectivity index (χ1n) is 19.7. The van der Waals surface area contributed by atoms with Crippen molar-refractivity contribution in [3.8, 4) is 67.3 Å². The summed E-state index contributed by atoms with van der Waals surface area (Å²) in [5.41, 5.74) is 15.0. The van der Waals surface area contributed by atoms with Gasteiger partial charge >= 0.3 is 0 Å². The predicted molar refractivity (Wildman–Crippen MR) is 239 cm³/mol. The number of fused-ring (bicyclic) bond motifs is 6. The predicted octanol–water partition coefficient (Wildman–Crippen LogP) is 14.6. The maximum absolute atomic E-state index is 5.30. The van der Waals surface area contributed by atoms with Crippen molar-refractivity contribution in [2.45, 2.75) is 19.3 Å². The third-order valence-corrected chi connectivity index (χ3v) is 12.1. The van der Waals surface area contributed by atoms with Crippen molar-refractivity contribution < 1.29 is 0 Å². The molecule has 0 fully saturated rings. The Labute approximate surface area is 332 Å². The molecule has 1 aliphatic carbocycles. The van der Waals surface area contributed by atoms with Crippen LogP contribution in [0.2, 0.25) is 0 Å². The lowest BCUT2D eigenvalue weighted by atomic mass is 9.81. The molecule has 0 aliphatic heterocycles. The van der Waals surface area contributed by atoms with Crippen molar-refractivity contribution in [3.05, 3.63) is 205 Å². The zero-order valence-electron chi connectivity index (χ0n) is 31.9. The van der Waals surface area contributed by atoms with E-state index in [0.717, 1.165) is 44.6 Å². The second-order valence-corrected chi connectivity index (χ2v) is 15.8. The third-order valence-electron chi connectivity index (χ3n) is 12.1. The Kier molecular flexibility index (Phi) is 7.55. The number of nitrogens with zero attached hydrogens (tertiary/aromatic N) is 2. The van der Waals surface area contributed by atoms with Gasteiger partial charge in [0.1, 0.15) is 0 Å². The Morgan fingerprint density at radius 1 is 0.316 bits per heavy atom. The molecule has 0 atom stereocenters. The van der Waals surface area contributed by atoms with Crippen LogP contribution < -0.4 is 0 Å². The topological polar surface area (TPSA) is 25.8 Å². The summed E-state index contributed by atoms with van der Waals surface area (Å²) in [6.45, 7) is 4.71. The van der Waals surface area contributed by atoms with Crippen LogP contribution in [-0.4, -0.2) is 9.97 Å². The van der Waals surface area contributed by atoms with E-state index in [4.69, 9.17) is 9.97 Å². The van der Waals surface area contributed by atoms with Gasteiger partial charge in [-0.3, -0.25) is 0 Å². The summed E-state index contributed by atoms with van der Waals surface area (Å²) in [7, 11) is 0. The highest BCUT2D eigenvalue weighted by atomic mass is 14.9. The normalized spacial score (nSPS) is 12.9. The molecule has 268 valence electrons. The molecular weight excluding hydrogens is 689 g/mol. The van der Waals surface area contributed by atoms with E-state index in [1.165, 1.54) is 60.3 Å². The van der Waals surface area contributed by atoms with Crippen LogP contribution in [0, 0.1) is 0 Å². The van der Waals surface area contributed by atoms with Crippen molar-refractivity contribution in [1.29, 1.82) is 0 Å². The second-order valence-electron chi connectivity index (χ2n) is 15.8. The highest BCUT2D eigenvalue weighted by Gasteiger charge is 2.36. The quantitative estimate of drug-likeness (QED) is 0.176. The van der Waals surface area contributed by atoms with Crippen LogP contribution in [-0.2, 0) is 5.41 Å². The minimum atomic E-state index is -0.0761. The molecule has 0 saturated heterocycles. The van der Waals surface area contributed by atoms with Crippen LogP contribution in [0.25, 0.3) is 99.6 Å². The van der Waals surface area contributed by atoms with Gasteiger partial charge < -0.3 is 0 Å². The molecule has 1 aromatic heterocycles. The molecule has 0 amide bonds. The molecule has 0 spiro atoms. The number of hydrogen-bond donors (Lipinski definition) is 0. The Morgan fingerprint density at radius 3 is 1.63 bits per heavy atom. The molecule has 0 radical (unpaired) electrons. The zero-order chi connectivity index (χ0) is 38.1. The fourth-order valence-corrected chi connectivity index (χ4v) is 9.13. The van der Waals surface area contributed by atoms with Crippen molar-refractivity contribution >= 4 is 32.3 Å². The molecule has 11 rings (SSSR count). The summed E-state index contributed by atoms with van der Waals surface area (Å²) in [5.74, 6) is 0.706. The van der Waals surface area contributed by atoms with Gasteiger partial charge in [0.05, 0.1) is 11.4 Å². The summed E-state index contributed by atoms with van der Waals surface area (Å²) < 4.78 is 0. The first-order valence-corrected chi connectivity index (χ1v) is 19.7. The number of benzene rings is 9. The van der Waals surface area contributed by atoms with Crippen LogP contribution in [0.3, 0.4) is 0 Å². The van der Waals surface area contributed by atoms with E-state index in [2.05, 4.69) is 202 Å². The first-order chi connectivity index (χ1) is 28.0. The van der Waals surface area contributed by atoms with Crippen LogP contribution in [0.1, 0.15) is 25.0 Å². The van der Waals surface area contributed by atoms with E-state index in [9.17, 15) is 0 Å². The monoisotopic (exact) mass is 726 g/mol. The molecule has 0 N–H and O–H groups in total. The number of aromatic nitrogens is 2. The summed E-state index contributed by atoms with van der Waals surface area (Å²) in [6.07, 6.45) is 0. The average molecular weight is 727 g/mol. The highest BCUT2D eigenvalue weighted by Crippen LogP contribution is 2.51. The maximum Gasteiger partial charge on any atom is 0.160 e. The second kappa shape index (κ2) is 13.0. The lowest BCUT2D eigenvalue weighted by Crippen LogP contribution is -2.14. The van der Waals surface area contributed by atoms with Crippen LogP contribution in [0.4, 0.5) is 0 Å². The maximum atomic E-state index is 5.30. The van der Waals surface area contributed by atoms with Gasteiger partial charge in [-0.15, -0.1) is 0 Å². The Bertz CT molecular complexity index is 3210. The van der Waals surface area contributed by atoms with E-state index in [1.54, 1.807) is 0 Å². The molecule has 1 heterocycles. The first kappa shape index (κ1) is 33.2. The van der Waals surface area contributed by atoms with Crippen LogP contribution in [0.15, 0.2) is 194 Å². The fourth-order valence-electron chi connectivity index (χ4n) is 9.13. The van der Waals surface area contributed by atoms with Crippen LogP contribution >= 0.6 is 0 Å². The molecule has 57 heavy (non-hydrogen) atoms. The highest BCUT2D eigenvalue weighted by molar-refractivity contribution is 6.06. The van der Waals surface area contributed by atoms with Crippen LogP contribution in [0.5, 0.6) is 0 Å². The molecule has 2 nitrogen and oxygen atoms in total. The molecule has 10 aromatic rings. The van der Waals surface area contributed by atoms with Gasteiger partial charge in [-0.05, 0) is 107 Å². The standard InChI is InChI=1S/C55H38N2/c1-55(2)50-29-26-41(32-48(50)49-31-38-18-8-9-19-39(38)33-51(49)55)43-27-28-47(45-22-12-11-21-44(43)45)53-34-52(56-54(57-53)36-15-4-3-5-16-36)46-23-13-10-20-42(46)40-25-24-35-14-6-7-17-37(35)30-40/h3-34H,1-2H3. The van der Waals surface area contributed by atoms with Gasteiger partial charge in [0.25, 0.3) is 0 Å². The number of rotatable bonds is 5. The molecule has 9 aromatic carbocycles. The molecule has 0 saturated carbocycles. The largest absolute Gasteiger partial charge is 0.228 e. The van der Waals surface area contributed by atoms with Gasteiger partial charge in [0.2, 0.25) is 0 Å². The van der Waals surface area contributed by atoms with Gasteiger partial charge in [0.15, 0.2) is 5.82 Å². The Balaban J connectivity index is 1.07. The lowest BCUT2D eigenvalue weighted by Gasteiger charge is -2.22. The summed E-state index contributed by atoms with van der Waals surface area (Å²) in [4.78, 5) is 10.6. The van der Waals surface area contributed by atoms with Crippen molar-refractivity contribution in [2.24, 2.45) is 0 Å². The van der Waals surface area contributed by atoms with E-state index in [1.807, 2.05) is 6.07 Å². The van der Waals surface area contributed by atoms with Crippen molar-refractivity contribution in [2.75, 3.05) is 0 Å². The van der Waals surface area contributed by atoms with Gasteiger partial charge in [0, 0.05) is 22.1 Å². The third kappa shape index (κ3) is 5.48. The Hall–Kier alpha value is -7.16. The van der Waals surface area contributed by atoms with Crippen molar-refractivity contribution in [3.63, 3.8) is 0 Å². The fraction of sp³-hybridized carbons (Fsp3) is 0.0545. The molecule has 2 heteroatoms. The van der Waals surface area contributed by atoms with Gasteiger partial charge in [-0.2, -0.15) is 0 Å². The molecule has 0 unspecified atom stereocenters. The minimum Gasteiger partial charge on any atom is -0.228 e. The molecular formula is C55H38N2. The summed E-state index contributed by atoms with van der Waals surface area (Å²) in [6, 6.07) is 70.2. The molecule has 0 bridgehead atoms. The van der Waals surface area contributed by atoms with E-state index >= 15 is 0 Å². The SMILES string of the molecule is CC1(C)c2ccc(-c3ccc(-c4cc(-c5ccccc5-c5ccc6ccccc6c5)nc(-c5ccccc5)n4)c4ccccc34)cc2-c2cc3ccccc3cc21.